The molecule has 0 N–H and O–H groups in total. The van der Waals surface area contributed by atoms with Crippen LogP contribution in [0, 0.1) is 31.4 Å². The zero-order chi connectivity index (χ0) is 27.0. The summed E-state index contributed by atoms with van der Waals surface area (Å²) in [5.74, 6) is -2.47. The molecule has 5 rings (SSSR count). The van der Waals surface area contributed by atoms with Crippen molar-refractivity contribution in [2.45, 2.75) is 38.1 Å². The van der Waals surface area contributed by atoms with Crippen LogP contribution in [0.4, 0.5) is 13.9 Å². The van der Waals surface area contributed by atoms with Gasteiger partial charge < -0.3 is 0 Å². The lowest BCUT2D eigenvalue weighted by Crippen LogP contribution is -2.44. The Bertz CT molecular complexity index is 1560. The van der Waals surface area contributed by atoms with Crippen molar-refractivity contribution in [1.29, 1.82) is 0 Å². The van der Waals surface area contributed by atoms with Crippen LogP contribution in [0.25, 0.3) is 10.2 Å². The molecule has 0 saturated carbocycles. The first kappa shape index (κ1) is 26.3. The molecule has 0 radical (unpaired) electrons. The molecule has 11 heteroatoms. The second-order valence-electron chi connectivity index (χ2n) is 9.37. The van der Waals surface area contributed by atoms with Gasteiger partial charge in [0.15, 0.2) is 5.13 Å². The number of thiazole rings is 1. The molecule has 4 aromatic rings. The van der Waals surface area contributed by atoms with Gasteiger partial charge in [0.1, 0.15) is 16.5 Å². The SMILES string of the molecule is Cc1ccc(C)c2sc(N(Cc3ccccn3)C(=O)C3CCN(S(=O)(=O)c4cc(F)ccc4F)CC3)nc12. The molecule has 1 aliphatic heterocycles. The molecule has 2 aromatic heterocycles. The van der Waals surface area contributed by atoms with Crippen LogP contribution in [0.1, 0.15) is 29.7 Å². The zero-order valence-electron chi connectivity index (χ0n) is 20.9. The number of aromatic nitrogens is 2. The number of nitrogens with zero attached hydrogens (tertiary/aromatic N) is 4. The van der Waals surface area contributed by atoms with E-state index < -0.39 is 32.5 Å². The third-order valence-electron chi connectivity index (χ3n) is 6.79. The fourth-order valence-electron chi connectivity index (χ4n) is 4.63. The van der Waals surface area contributed by atoms with E-state index in [-0.39, 0.29) is 38.4 Å². The average molecular weight is 557 g/mol. The van der Waals surface area contributed by atoms with Crippen LogP contribution in [0.5, 0.6) is 0 Å². The van der Waals surface area contributed by atoms with Gasteiger partial charge in [-0.2, -0.15) is 4.31 Å². The Kier molecular flexibility index (Phi) is 7.26. The summed E-state index contributed by atoms with van der Waals surface area (Å²) in [6.07, 6.45) is 2.16. The molecule has 0 unspecified atom stereocenters. The van der Waals surface area contributed by atoms with E-state index in [1.807, 2.05) is 38.1 Å². The standard InChI is InChI=1S/C27H26F2N4O3S2/c1-17-6-7-18(2)25-24(17)31-27(37-25)33(16-21-5-3-4-12-30-21)26(34)19-10-13-32(14-11-19)38(35,36)23-15-20(28)8-9-22(23)29/h3-9,12,15,19H,10-11,13-14,16H2,1-2H3. The number of aryl methyl sites for hydroxylation is 2. The molecule has 1 saturated heterocycles. The highest BCUT2D eigenvalue weighted by molar-refractivity contribution is 7.89. The van der Waals surface area contributed by atoms with E-state index in [1.54, 1.807) is 17.2 Å². The molecule has 198 valence electrons. The molecule has 7 nitrogen and oxygen atoms in total. The number of benzene rings is 2. The quantitative estimate of drug-likeness (QED) is 0.325. The number of piperidine rings is 1. The number of carbonyl (C=O) groups is 1. The molecule has 0 aliphatic carbocycles. The Morgan fingerprint density at radius 3 is 2.50 bits per heavy atom. The van der Waals surface area contributed by atoms with Gasteiger partial charge in [0.05, 0.1) is 22.5 Å². The summed E-state index contributed by atoms with van der Waals surface area (Å²) in [6, 6.07) is 11.9. The number of carbonyl (C=O) groups excluding carboxylic acids is 1. The van der Waals surface area contributed by atoms with E-state index in [0.29, 0.717) is 16.9 Å². The minimum absolute atomic E-state index is 0.0180. The first-order chi connectivity index (χ1) is 18.1. The van der Waals surface area contributed by atoms with Crippen LogP contribution in [0.3, 0.4) is 0 Å². The van der Waals surface area contributed by atoms with Gasteiger partial charge in [-0.15, -0.1) is 0 Å². The van der Waals surface area contributed by atoms with Gasteiger partial charge in [0.2, 0.25) is 15.9 Å². The Morgan fingerprint density at radius 2 is 1.82 bits per heavy atom. The van der Waals surface area contributed by atoms with Crippen molar-refractivity contribution in [2.75, 3.05) is 18.0 Å². The summed E-state index contributed by atoms with van der Waals surface area (Å²) < 4.78 is 56.0. The zero-order valence-corrected chi connectivity index (χ0v) is 22.5. The lowest BCUT2D eigenvalue weighted by molar-refractivity contribution is -0.123. The van der Waals surface area contributed by atoms with Gasteiger partial charge in [-0.3, -0.25) is 14.7 Å². The number of halogens is 2. The number of anilines is 1. The molecule has 0 spiro atoms. The van der Waals surface area contributed by atoms with Crippen molar-refractivity contribution in [3.63, 3.8) is 0 Å². The maximum atomic E-state index is 14.2. The molecular formula is C27H26F2N4O3S2. The minimum Gasteiger partial charge on any atom is -0.282 e. The van der Waals surface area contributed by atoms with Crippen molar-refractivity contribution < 1.29 is 22.0 Å². The van der Waals surface area contributed by atoms with Gasteiger partial charge in [0, 0.05) is 25.2 Å². The smallest absolute Gasteiger partial charge is 0.246 e. The van der Waals surface area contributed by atoms with Crippen LogP contribution in [-0.2, 0) is 21.4 Å². The van der Waals surface area contributed by atoms with Crippen molar-refractivity contribution in [2.24, 2.45) is 5.92 Å². The largest absolute Gasteiger partial charge is 0.282 e. The number of sulfonamides is 1. The summed E-state index contributed by atoms with van der Waals surface area (Å²) in [5, 5.41) is 0.560. The molecule has 38 heavy (non-hydrogen) atoms. The summed E-state index contributed by atoms with van der Waals surface area (Å²) in [5.41, 5.74) is 3.64. The highest BCUT2D eigenvalue weighted by Gasteiger charge is 2.36. The molecule has 2 aromatic carbocycles. The number of amides is 1. The fourth-order valence-corrected chi connectivity index (χ4v) is 7.30. The molecule has 1 fully saturated rings. The molecule has 0 bridgehead atoms. The van der Waals surface area contributed by atoms with E-state index >= 15 is 0 Å². The number of pyridine rings is 1. The number of hydrogen-bond donors (Lipinski definition) is 0. The highest BCUT2D eigenvalue weighted by Crippen LogP contribution is 2.35. The summed E-state index contributed by atoms with van der Waals surface area (Å²) >= 11 is 1.45. The first-order valence-electron chi connectivity index (χ1n) is 12.2. The Hall–Kier alpha value is -3.28. The average Bonchev–Trinajstić information content (AvgIpc) is 3.38. The van der Waals surface area contributed by atoms with Crippen LogP contribution in [0.15, 0.2) is 59.6 Å². The fraction of sp³-hybridized carbons (Fsp3) is 0.296. The van der Waals surface area contributed by atoms with E-state index in [1.165, 1.54) is 11.3 Å². The van der Waals surface area contributed by atoms with Crippen molar-refractivity contribution >= 4 is 42.6 Å². The van der Waals surface area contributed by atoms with Crippen LogP contribution in [-0.4, -0.2) is 41.7 Å². The Balaban J connectivity index is 1.40. The molecule has 3 heterocycles. The van der Waals surface area contributed by atoms with E-state index in [0.717, 1.165) is 37.8 Å². The first-order valence-corrected chi connectivity index (χ1v) is 14.4. The third kappa shape index (κ3) is 5.05. The third-order valence-corrected chi connectivity index (χ3v) is 9.92. The van der Waals surface area contributed by atoms with Gasteiger partial charge in [-0.05, 0) is 68.1 Å². The predicted molar refractivity (Wildman–Crippen MR) is 142 cm³/mol. The van der Waals surface area contributed by atoms with Crippen LogP contribution >= 0.6 is 11.3 Å². The minimum atomic E-state index is -4.24. The summed E-state index contributed by atoms with van der Waals surface area (Å²) in [4.78, 5) is 24.0. The van der Waals surface area contributed by atoms with E-state index in [4.69, 9.17) is 4.98 Å². The van der Waals surface area contributed by atoms with Crippen LogP contribution < -0.4 is 4.90 Å². The monoisotopic (exact) mass is 556 g/mol. The predicted octanol–water partition coefficient (Wildman–Crippen LogP) is 5.22. The van der Waals surface area contributed by atoms with Gasteiger partial charge >= 0.3 is 0 Å². The Morgan fingerprint density at radius 1 is 1.08 bits per heavy atom. The maximum Gasteiger partial charge on any atom is 0.246 e. The highest BCUT2D eigenvalue weighted by atomic mass is 32.2. The van der Waals surface area contributed by atoms with Gasteiger partial charge in [-0.1, -0.05) is 29.5 Å². The second kappa shape index (κ2) is 10.5. The second-order valence-corrected chi connectivity index (χ2v) is 12.3. The van der Waals surface area contributed by atoms with E-state index in [2.05, 4.69) is 4.98 Å². The molecule has 1 amide bonds. The molecule has 0 atom stereocenters. The van der Waals surface area contributed by atoms with Gasteiger partial charge in [-0.25, -0.2) is 22.2 Å². The molecular weight excluding hydrogens is 530 g/mol. The summed E-state index contributed by atoms with van der Waals surface area (Å²) in [6.45, 7) is 4.25. The Labute approximate surface area is 223 Å². The normalized spacial score (nSPS) is 15.2. The van der Waals surface area contributed by atoms with E-state index in [9.17, 15) is 22.0 Å². The topological polar surface area (TPSA) is 83.5 Å². The lowest BCUT2D eigenvalue weighted by atomic mass is 9.96. The molecule has 1 aliphatic rings. The van der Waals surface area contributed by atoms with Gasteiger partial charge in [0.25, 0.3) is 0 Å². The van der Waals surface area contributed by atoms with Crippen LogP contribution in [0.2, 0.25) is 0 Å². The number of rotatable bonds is 6. The lowest BCUT2D eigenvalue weighted by Gasteiger charge is -2.33. The summed E-state index contributed by atoms with van der Waals surface area (Å²) in [7, 11) is -4.24. The number of hydrogen-bond acceptors (Lipinski definition) is 6. The number of fused-ring (bicyclic) bond motifs is 1. The van der Waals surface area contributed by atoms with Crippen molar-refractivity contribution in [3.8, 4) is 0 Å². The van der Waals surface area contributed by atoms with Crippen molar-refractivity contribution in [3.05, 3.63) is 83.2 Å². The van der Waals surface area contributed by atoms with Crippen molar-refractivity contribution in [1.82, 2.24) is 14.3 Å². The maximum absolute atomic E-state index is 14.2.